The molecule has 0 aromatic heterocycles. The minimum absolute atomic E-state index is 0. The molecule has 32 heavy (non-hydrogen) atoms. The minimum atomic E-state index is -4.31. The molecule has 0 radical (unpaired) electrons. The van der Waals surface area contributed by atoms with Gasteiger partial charge < -0.3 is 15.5 Å². The highest BCUT2D eigenvalue weighted by atomic mass is 127. The van der Waals surface area contributed by atoms with Crippen molar-refractivity contribution in [1.29, 1.82) is 0 Å². The van der Waals surface area contributed by atoms with Crippen molar-refractivity contribution in [3.05, 3.63) is 35.4 Å². The van der Waals surface area contributed by atoms with E-state index >= 15 is 0 Å². The second kappa shape index (κ2) is 12.6. The normalized spacial score (nSPS) is 20.1. The summed E-state index contributed by atoms with van der Waals surface area (Å²) in [5.74, 6) is 0.696. The van der Waals surface area contributed by atoms with E-state index < -0.39 is 11.7 Å². The van der Waals surface area contributed by atoms with Crippen LogP contribution in [0.1, 0.15) is 43.7 Å². The van der Waals surface area contributed by atoms with E-state index in [4.69, 9.17) is 0 Å². The van der Waals surface area contributed by atoms with E-state index in [-0.39, 0.29) is 42.5 Å². The number of likely N-dealkylation sites (tertiary alicyclic amines) is 2. The number of guanidine groups is 1. The number of benzene rings is 1. The fraction of sp³-hybridized carbons (Fsp3) is 0.636. The first-order valence-electron chi connectivity index (χ1n) is 11.1. The molecule has 0 aliphatic carbocycles. The minimum Gasteiger partial charge on any atom is -0.357 e. The summed E-state index contributed by atoms with van der Waals surface area (Å²) >= 11 is 0. The van der Waals surface area contributed by atoms with E-state index in [0.29, 0.717) is 19.0 Å². The SMILES string of the molecule is CCNC(=NCC(=O)N1CCCCC1)NC1CCN(Cc2ccc(C(F)(F)F)cc2)C1.I. The van der Waals surface area contributed by atoms with Gasteiger partial charge in [-0.1, -0.05) is 12.1 Å². The van der Waals surface area contributed by atoms with Crippen LogP contribution in [-0.4, -0.2) is 67.0 Å². The average Bonchev–Trinajstić information content (AvgIpc) is 3.19. The molecular formula is C22H33F3IN5O. The summed E-state index contributed by atoms with van der Waals surface area (Å²) in [4.78, 5) is 20.9. The van der Waals surface area contributed by atoms with Crippen LogP contribution in [0.5, 0.6) is 0 Å². The summed E-state index contributed by atoms with van der Waals surface area (Å²) in [7, 11) is 0. The summed E-state index contributed by atoms with van der Waals surface area (Å²) in [6.07, 6.45) is -0.0964. The Morgan fingerprint density at radius 1 is 1.12 bits per heavy atom. The van der Waals surface area contributed by atoms with E-state index in [2.05, 4.69) is 20.5 Å². The number of halogens is 4. The third-order valence-electron chi connectivity index (χ3n) is 5.73. The Labute approximate surface area is 205 Å². The number of nitrogens with zero attached hydrogens (tertiary/aromatic N) is 3. The molecular weight excluding hydrogens is 534 g/mol. The van der Waals surface area contributed by atoms with Gasteiger partial charge in [-0.3, -0.25) is 9.69 Å². The molecule has 10 heteroatoms. The largest absolute Gasteiger partial charge is 0.416 e. The molecule has 2 aliphatic heterocycles. The van der Waals surface area contributed by atoms with Gasteiger partial charge in [0.25, 0.3) is 0 Å². The Kier molecular flexibility index (Phi) is 10.5. The molecule has 2 saturated heterocycles. The van der Waals surface area contributed by atoms with Gasteiger partial charge in [0.2, 0.25) is 5.91 Å². The maximum Gasteiger partial charge on any atom is 0.416 e. The number of nitrogens with one attached hydrogen (secondary N) is 2. The highest BCUT2D eigenvalue weighted by Gasteiger charge is 2.30. The number of rotatable bonds is 6. The second-order valence-electron chi connectivity index (χ2n) is 8.20. The number of carbonyl (C=O) groups is 1. The summed E-state index contributed by atoms with van der Waals surface area (Å²) in [5, 5.41) is 6.59. The molecule has 0 saturated carbocycles. The molecule has 1 aromatic carbocycles. The van der Waals surface area contributed by atoms with Crippen molar-refractivity contribution in [2.24, 2.45) is 4.99 Å². The monoisotopic (exact) mass is 567 g/mol. The standard InChI is InChI=1S/C22H32F3N5O.HI/c1-2-26-21(27-14-20(31)30-11-4-3-5-12-30)28-19-10-13-29(16-19)15-17-6-8-18(9-7-17)22(23,24)25;/h6-9,19H,2-5,10-16H2,1H3,(H2,26,27,28);1H. The number of alkyl halides is 3. The molecule has 0 spiro atoms. The van der Waals surface area contributed by atoms with Gasteiger partial charge >= 0.3 is 6.18 Å². The fourth-order valence-corrected chi connectivity index (χ4v) is 4.05. The molecule has 6 nitrogen and oxygen atoms in total. The highest BCUT2D eigenvalue weighted by Crippen LogP contribution is 2.29. The number of hydrogen-bond acceptors (Lipinski definition) is 3. The Balaban J connectivity index is 0.00000363. The predicted octanol–water partition coefficient (Wildman–Crippen LogP) is 3.47. The van der Waals surface area contributed by atoms with Crippen LogP contribution in [0.4, 0.5) is 13.2 Å². The van der Waals surface area contributed by atoms with Crippen molar-refractivity contribution >= 4 is 35.8 Å². The number of hydrogen-bond donors (Lipinski definition) is 2. The quantitative estimate of drug-likeness (QED) is 0.314. The molecule has 2 heterocycles. The van der Waals surface area contributed by atoms with E-state index in [1.807, 2.05) is 11.8 Å². The van der Waals surface area contributed by atoms with Crippen molar-refractivity contribution in [3.63, 3.8) is 0 Å². The van der Waals surface area contributed by atoms with Crippen molar-refractivity contribution in [2.75, 3.05) is 39.3 Å². The number of piperidine rings is 1. The molecule has 3 rings (SSSR count). The molecule has 2 N–H and O–H groups in total. The van der Waals surface area contributed by atoms with Crippen molar-refractivity contribution < 1.29 is 18.0 Å². The van der Waals surface area contributed by atoms with Gasteiger partial charge in [-0.15, -0.1) is 24.0 Å². The molecule has 2 aliphatic rings. The zero-order valence-corrected chi connectivity index (χ0v) is 20.8. The first-order chi connectivity index (χ1) is 14.8. The summed E-state index contributed by atoms with van der Waals surface area (Å²) in [6, 6.07) is 5.53. The Bertz CT molecular complexity index is 751. The van der Waals surface area contributed by atoms with Crippen LogP contribution >= 0.6 is 24.0 Å². The van der Waals surface area contributed by atoms with Crippen LogP contribution in [0.15, 0.2) is 29.3 Å². The Morgan fingerprint density at radius 3 is 2.44 bits per heavy atom. The van der Waals surface area contributed by atoms with Gasteiger partial charge in [-0.25, -0.2) is 4.99 Å². The Morgan fingerprint density at radius 2 is 1.81 bits per heavy atom. The summed E-state index contributed by atoms with van der Waals surface area (Å²) in [6.45, 7) is 6.69. The number of carbonyl (C=O) groups excluding carboxylic acids is 1. The zero-order chi connectivity index (χ0) is 22.3. The molecule has 2 fully saturated rings. The van der Waals surface area contributed by atoms with Gasteiger partial charge in [0.1, 0.15) is 6.54 Å². The summed E-state index contributed by atoms with van der Waals surface area (Å²) < 4.78 is 38.2. The van der Waals surface area contributed by atoms with Gasteiger partial charge in [-0.05, 0) is 50.3 Å². The molecule has 1 amide bonds. The van der Waals surface area contributed by atoms with Crippen molar-refractivity contribution in [1.82, 2.24) is 20.4 Å². The topological polar surface area (TPSA) is 60.0 Å². The van der Waals surface area contributed by atoms with Crippen LogP contribution in [0.25, 0.3) is 0 Å². The van der Waals surface area contributed by atoms with Crippen molar-refractivity contribution in [3.8, 4) is 0 Å². The van der Waals surface area contributed by atoms with Crippen LogP contribution in [0, 0.1) is 0 Å². The van der Waals surface area contributed by atoms with Crippen LogP contribution in [-0.2, 0) is 17.5 Å². The zero-order valence-electron chi connectivity index (χ0n) is 18.5. The first kappa shape index (κ1) is 26.7. The lowest BCUT2D eigenvalue weighted by Crippen LogP contribution is -2.45. The molecule has 1 atom stereocenters. The molecule has 180 valence electrons. The molecule has 1 aromatic rings. The third-order valence-corrected chi connectivity index (χ3v) is 5.73. The van der Waals surface area contributed by atoms with Crippen LogP contribution < -0.4 is 10.6 Å². The van der Waals surface area contributed by atoms with E-state index in [1.54, 1.807) is 12.1 Å². The lowest BCUT2D eigenvalue weighted by molar-refractivity contribution is -0.137. The van der Waals surface area contributed by atoms with Gasteiger partial charge in [0, 0.05) is 45.3 Å². The Hall–Kier alpha value is -1.56. The first-order valence-corrected chi connectivity index (χ1v) is 11.1. The highest BCUT2D eigenvalue weighted by molar-refractivity contribution is 14.0. The van der Waals surface area contributed by atoms with Gasteiger partial charge in [0.15, 0.2) is 5.96 Å². The molecule has 1 unspecified atom stereocenters. The number of amides is 1. The van der Waals surface area contributed by atoms with E-state index in [0.717, 1.165) is 63.1 Å². The van der Waals surface area contributed by atoms with Gasteiger partial charge in [0.05, 0.1) is 5.56 Å². The van der Waals surface area contributed by atoms with E-state index in [9.17, 15) is 18.0 Å². The lowest BCUT2D eigenvalue weighted by atomic mass is 10.1. The maximum absolute atomic E-state index is 12.7. The fourth-order valence-electron chi connectivity index (χ4n) is 4.05. The average molecular weight is 567 g/mol. The predicted molar refractivity (Wildman–Crippen MR) is 130 cm³/mol. The molecule has 0 bridgehead atoms. The third kappa shape index (κ3) is 8.09. The van der Waals surface area contributed by atoms with Crippen LogP contribution in [0.2, 0.25) is 0 Å². The smallest absolute Gasteiger partial charge is 0.357 e. The van der Waals surface area contributed by atoms with Gasteiger partial charge in [-0.2, -0.15) is 13.2 Å². The van der Waals surface area contributed by atoms with Crippen molar-refractivity contribution in [2.45, 2.75) is 51.4 Å². The second-order valence-corrected chi connectivity index (χ2v) is 8.20. The van der Waals surface area contributed by atoms with Crippen LogP contribution in [0.3, 0.4) is 0 Å². The maximum atomic E-state index is 12.7. The lowest BCUT2D eigenvalue weighted by Gasteiger charge is -2.26. The van der Waals surface area contributed by atoms with E-state index in [1.165, 1.54) is 6.42 Å². The number of aliphatic imine (C=N–C) groups is 1. The summed E-state index contributed by atoms with van der Waals surface area (Å²) in [5.41, 5.74) is 0.240.